The number of halogens is 1. The molecule has 0 spiro atoms. The van der Waals surface area contributed by atoms with Crippen LogP contribution >= 0.6 is 0 Å². The lowest BCUT2D eigenvalue weighted by molar-refractivity contribution is -0.127. The van der Waals surface area contributed by atoms with E-state index >= 15 is 0 Å². The largest absolute Gasteiger partial charge is 0.490 e. The average molecular weight is 325 g/mol. The second-order valence-electron chi connectivity index (χ2n) is 5.88. The molecule has 2 aromatic rings. The number of hydrogen-bond acceptors (Lipinski definition) is 2. The van der Waals surface area contributed by atoms with Crippen molar-refractivity contribution in [2.24, 2.45) is 0 Å². The lowest BCUT2D eigenvalue weighted by Gasteiger charge is -2.31. The van der Waals surface area contributed by atoms with E-state index in [0.29, 0.717) is 13.1 Å². The number of nitrogens with zero attached hydrogens (tertiary/aromatic N) is 1. The van der Waals surface area contributed by atoms with Crippen LogP contribution in [0.4, 0.5) is 4.39 Å². The molecule has 1 fully saturated rings. The van der Waals surface area contributed by atoms with Crippen molar-refractivity contribution in [2.75, 3.05) is 13.1 Å². The van der Waals surface area contributed by atoms with Gasteiger partial charge >= 0.3 is 0 Å². The Hall–Kier alpha value is -2.62. The topological polar surface area (TPSA) is 29.5 Å². The fourth-order valence-corrected chi connectivity index (χ4v) is 2.88. The van der Waals surface area contributed by atoms with Gasteiger partial charge in [0, 0.05) is 25.9 Å². The molecule has 1 amide bonds. The van der Waals surface area contributed by atoms with E-state index in [9.17, 15) is 9.18 Å². The van der Waals surface area contributed by atoms with Crippen molar-refractivity contribution in [2.45, 2.75) is 18.9 Å². The van der Waals surface area contributed by atoms with Crippen molar-refractivity contribution < 1.29 is 13.9 Å². The first-order valence-corrected chi connectivity index (χ1v) is 8.10. The van der Waals surface area contributed by atoms with Gasteiger partial charge in [0.25, 0.3) is 0 Å². The summed E-state index contributed by atoms with van der Waals surface area (Å²) in [7, 11) is 0. The molecule has 2 aromatic carbocycles. The Kier molecular flexibility index (Phi) is 4.94. The quantitative estimate of drug-likeness (QED) is 0.794. The Balaban J connectivity index is 1.58. The van der Waals surface area contributed by atoms with Crippen LogP contribution in [0.25, 0.3) is 11.1 Å². The highest BCUT2D eigenvalue weighted by atomic mass is 19.1. The Bertz CT molecular complexity index is 701. The van der Waals surface area contributed by atoms with E-state index in [1.54, 1.807) is 17.0 Å². The predicted molar refractivity (Wildman–Crippen MR) is 92.3 cm³/mol. The fraction of sp³-hybridized carbons (Fsp3) is 0.250. The van der Waals surface area contributed by atoms with Gasteiger partial charge in [-0.05, 0) is 41.5 Å². The minimum absolute atomic E-state index is 0.0166. The summed E-state index contributed by atoms with van der Waals surface area (Å²) in [5, 5.41) is 0. The molecule has 1 aliphatic rings. The molecule has 1 aliphatic heterocycles. The molecule has 0 atom stereocenters. The van der Waals surface area contributed by atoms with Crippen LogP contribution in [-0.4, -0.2) is 30.0 Å². The van der Waals surface area contributed by atoms with Crippen LogP contribution in [0.1, 0.15) is 12.8 Å². The van der Waals surface area contributed by atoms with Gasteiger partial charge in [-0.3, -0.25) is 4.79 Å². The lowest BCUT2D eigenvalue weighted by atomic mass is 10.1. The first-order chi connectivity index (χ1) is 11.7. The van der Waals surface area contributed by atoms with Gasteiger partial charge in [0.15, 0.2) is 0 Å². The molecule has 0 N–H and O–H groups in total. The van der Waals surface area contributed by atoms with Crippen LogP contribution in [0.5, 0.6) is 5.75 Å². The number of carbonyl (C=O) groups excluding carboxylic acids is 1. The molecular formula is C20H20FNO2. The number of benzene rings is 2. The third-order valence-corrected chi connectivity index (χ3v) is 4.26. The van der Waals surface area contributed by atoms with Crippen molar-refractivity contribution in [3.8, 4) is 16.9 Å². The molecule has 24 heavy (non-hydrogen) atoms. The normalized spacial score (nSPS) is 15.1. The summed E-state index contributed by atoms with van der Waals surface area (Å²) in [5.74, 6) is 0.562. The summed E-state index contributed by atoms with van der Waals surface area (Å²) in [5.41, 5.74) is 1.99. The third-order valence-electron chi connectivity index (χ3n) is 4.26. The Morgan fingerprint density at radius 2 is 1.58 bits per heavy atom. The van der Waals surface area contributed by atoms with E-state index in [4.69, 9.17) is 4.74 Å². The smallest absolute Gasteiger partial charge is 0.245 e. The minimum Gasteiger partial charge on any atom is -0.490 e. The fourth-order valence-electron chi connectivity index (χ4n) is 2.88. The molecular weight excluding hydrogens is 305 g/mol. The zero-order chi connectivity index (χ0) is 16.9. The molecule has 0 bridgehead atoms. The maximum Gasteiger partial charge on any atom is 0.245 e. The highest BCUT2D eigenvalue weighted by molar-refractivity contribution is 5.87. The van der Waals surface area contributed by atoms with Crippen LogP contribution in [0, 0.1) is 5.82 Å². The van der Waals surface area contributed by atoms with Crippen molar-refractivity contribution in [3.05, 3.63) is 67.0 Å². The van der Waals surface area contributed by atoms with E-state index in [-0.39, 0.29) is 17.8 Å². The van der Waals surface area contributed by atoms with Crippen molar-refractivity contribution >= 4 is 5.91 Å². The third kappa shape index (κ3) is 3.82. The minimum atomic E-state index is -0.236. The number of ether oxygens (including phenoxy) is 1. The molecule has 0 aliphatic carbocycles. The zero-order valence-corrected chi connectivity index (χ0v) is 13.5. The van der Waals surface area contributed by atoms with E-state index in [2.05, 4.69) is 6.58 Å². The van der Waals surface area contributed by atoms with Crippen molar-refractivity contribution in [1.82, 2.24) is 4.90 Å². The molecule has 3 nitrogen and oxygen atoms in total. The highest BCUT2D eigenvalue weighted by Gasteiger charge is 2.22. The molecule has 0 radical (unpaired) electrons. The standard InChI is InChI=1S/C20H20FNO2/c1-2-20(23)22-13-11-19(12-14-22)24-18-9-5-16(6-10-18)15-3-7-17(21)8-4-15/h2-10,19H,1,11-14H2. The van der Waals surface area contributed by atoms with Crippen LogP contribution in [0.15, 0.2) is 61.2 Å². The predicted octanol–water partition coefficient (Wildman–Crippen LogP) is 4.05. The van der Waals surface area contributed by atoms with Gasteiger partial charge in [-0.1, -0.05) is 30.8 Å². The summed E-state index contributed by atoms with van der Waals surface area (Å²) in [6, 6.07) is 14.2. The van der Waals surface area contributed by atoms with Crippen molar-refractivity contribution in [3.63, 3.8) is 0 Å². The maximum atomic E-state index is 13.0. The molecule has 4 heteroatoms. The van der Waals surface area contributed by atoms with E-state index in [0.717, 1.165) is 29.7 Å². The van der Waals surface area contributed by atoms with Crippen LogP contribution < -0.4 is 4.74 Å². The maximum absolute atomic E-state index is 13.0. The highest BCUT2D eigenvalue weighted by Crippen LogP contribution is 2.24. The van der Waals surface area contributed by atoms with Gasteiger partial charge in [-0.25, -0.2) is 4.39 Å². The number of rotatable bonds is 4. The average Bonchev–Trinajstić information content (AvgIpc) is 2.63. The summed E-state index contributed by atoms with van der Waals surface area (Å²) in [4.78, 5) is 13.4. The van der Waals surface area contributed by atoms with Gasteiger partial charge in [0.1, 0.15) is 17.7 Å². The first-order valence-electron chi connectivity index (χ1n) is 8.10. The zero-order valence-electron chi connectivity index (χ0n) is 13.5. The van der Waals surface area contributed by atoms with E-state index in [1.165, 1.54) is 18.2 Å². The van der Waals surface area contributed by atoms with Gasteiger partial charge in [0.05, 0.1) is 0 Å². The lowest BCUT2D eigenvalue weighted by Crippen LogP contribution is -2.41. The molecule has 1 heterocycles. The number of amides is 1. The number of hydrogen-bond donors (Lipinski definition) is 0. The van der Waals surface area contributed by atoms with Crippen LogP contribution in [0.2, 0.25) is 0 Å². The number of likely N-dealkylation sites (tertiary alicyclic amines) is 1. The molecule has 0 unspecified atom stereocenters. The summed E-state index contributed by atoms with van der Waals surface area (Å²) in [6.45, 7) is 4.91. The summed E-state index contributed by atoms with van der Waals surface area (Å²) in [6.07, 6.45) is 3.11. The van der Waals surface area contributed by atoms with Crippen LogP contribution in [-0.2, 0) is 4.79 Å². The van der Waals surface area contributed by atoms with E-state index in [1.807, 2.05) is 24.3 Å². The first kappa shape index (κ1) is 16.2. The Morgan fingerprint density at radius 1 is 1.04 bits per heavy atom. The molecule has 0 aromatic heterocycles. The summed E-state index contributed by atoms with van der Waals surface area (Å²) >= 11 is 0. The number of piperidine rings is 1. The van der Waals surface area contributed by atoms with Gasteiger partial charge < -0.3 is 9.64 Å². The second-order valence-corrected chi connectivity index (χ2v) is 5.88. The van der Waals surface area contributed by atoms with Crippen LogP contribution in [0.3, 0.4) is 0 Å². The van der Waals surface area contributed by atoms with Crippen molar-refractivity contribution in [1.29, 1.82) is 0 Å². The second kappa shape index (κ2) is 7.30. The van der Waals surface area contributed by atoms with E-state index < -0.39 is 0 Å². The van der Waals surface area contributed by atoms with Gasteiger partial charge in [-0.15, -0.1) is 0 Å². The van der Waals surface area contributed by atoms with Gasteiger partial charge in [0.2, 0.25) is 5.91 Å². The molecule has 0 saturated carbocycles. The number of carbonyl (C=O) groups is 1. The summed E-state index contributed by atoms with van der Waals surface area (Å²) < 4.78 is 19.0. The molecule has 124 valence electrons. The SMILES string of the molecule is C=CC(=O)N1CCC(Oc2ccc(-c3ccc(F)cc3)cc2)CC1. The molecule has 1 saturated heterocycles. The monoisotopic (exact) mass is 325 g/mol. The molecule has 3 rings (SSSR count). The Morgan fingerprint density at radius 3 is 2.12 bits per heavy atom. The Labute approximate surface area is 141 Å². The van der Waals surface area contributed by atoms with Gasteiger partial charge in [-0.2, -0.15) is 0 Å².